The molecule has 0 bridgehead atoms. The molecule has 0 aliphatic heterocycles. The Morgan fingerprint density at radius 2 is 1.83 bits per heavy atom. The van der Waals surface area contributed by atoms with E-state index in [-0.39, 0.29) is 11.7 Å². The normalized spacial score (nSPS) is 23.0. The van der Waals surface area contributed by atoms with E-state index in [1.54, 1.807) is 0 Å². The lowest BCUT2D eigenvalue weighted by molar-refractivity contribution is -0.142. The van der Waals surface area contributed by atoms with Gasteiger partial charge in [0.25, 0.3) is 0 Å². The standard InChI is InChI=1S/C15H18O3/c1-9-6-7-10(2)13(8-9)14(16)11-4-3-5-12(11)15(17)18/h6-8,11-12H,3-5H2,1-2H3,(H,17,18)/t11-,12+/m1/s1. The minimum absolute atomic E-state index is 0.00102. The minimum atomic E-state index is -0.837. The SMILES string of the molecule is Cc1ccc(C)c(C(=O)[C@@H]2CCC[C@@H]2C(=O)O)c1. The molecule has 0 amide bonds. The van der Waals surface area contributed by atoms with Gasteiger partial charge in [0.15, 0.2) is 5.78 Å². The van der Waals surface area contributed by atoms with Crippen LogP contribution in [0.2, 0.25) is 0 Å². The molecule has 1 aromatic carbocycles. The number of carbonyl (C=O) groups excluding carboxylic acids is 1. The number of carbonyl (C=O) groups is 2. The van der Waals surface area contributed by atoms with Gasteiger partial charge in [-0.2, -0.15) is 0 Å². The first kappa shape index (κ1) is 12.8. The van der Waals surface area contributed by atoms with Gasteiger partial charge >= 0.3 is 5.97 Å². The molecule has 1 N–H and O–H groups in total. The topological polar surface area (TPSA) is 54.4 Å². The number of hydrogen-bond acceptors (Lipinski definition) is 2. The van der Waals surface area contributed by atoms with Crippen LogP contribution in [-0.2, 0) is 4.79 Å². The summed E-state index contributed by atoms with van der Waals surface area (Å²) in [6.07, 6.45) is 2.15. The molecule has 0 spiro atoms. The highest BCUT2D eigenvalue weighted by atomic mass is 16.4. The number of ketones is 1. The van der Waals surface area contributed by atoms with Crippen LogP contribution in [0.1, 0.15) is 40.7 Å². The molecule has 18 heavy (non-hydrogen) atoms. The third-order valence-corrected chi connectivity index (χ3v) is 3.83. The largest absolute Gasteiger partial charge is 0.481 e. The second kappa shape index (κ2) is 4.92. The van der Waals surface area contributed by atoms with Gasteiger partial charge in [-0.15, -0.1) is 0 Å². The van der Waals surface area contributed by atoms with E-state index >= 15 is 0 Å². The average Bonchev–Trinajstić information content (AvgIpc) is 2.80. The van der Waals surface area contributed by atoms with Crippen LogP contribution in [0.25, 0.3) is 0 Å². The number of aryl methyl sites for hydroxylation is 2. The highest BCUT2D eigenvalue weighted by Gasteiger charge is 2.38. The van der Waals surface area contributed by atoms with Crippen LogP contribution >= 0.6 is 0 Å². The molecule has 2 rings (SSSR count). The van der Waals surface area contributed by atoms with Gasteiger partial charge in [0.1, 0.15) is 0 Å². The Morgan fingerprint density at radius 3 is 2.50 bits per heavy atom. The molecule has 0 saturated heterocycles. The van der Waals surface area contributed by atoms with Crippen LogP contribution in [0, 0.1) is 25.7 Å². The molecule has 3 heteroatoms. The first-order valence-corrected chi connectivity index (χ1v) is 6.35. The zero-order chi connectivity index (χ0) is 13.3. The first-order chi connectivity index (χ1) is 8.50. The average molecular weight is 246 g/mol. The predicted molar refractivity (Wildman–Crippen MR) is 68.7 cm³/mol. The quantitative estimate of drug-likeness (QED) is 0.834. The number of benzene rings is 1. The molecule has 1 saturated carbocycles. The van der Waals surface area contributed by atoms with Crippen molar-refractivity contribution in [2.45, 2.75) is 33.1 Å². The summed E-state index contributed by atoms with van der Waals surface area (Å²) in [4.78, 5) is 23.6. The number of Topliss-reactive ketones (excluding diaryl/α,β-unsaturated/α-hetero) is 1. The summed E-state index contributed by atoms with van der Waals surface area (Å²) in [6, 6.07) is 5.76. The number of aliphatic carboxylic acids is 1. The summed E-state index contributed by atoms with van der Waals surface area (Å²) >= 11 is 0. The fourth-order valence-corrected chi connectivity index (χ4v) is 2.77. The lowest BCUT2D eigenvalue weighted by atomic mass is 9.86. The molecule has 3 nitrogen and oxygen atoms in total. The smallest absolute Gasteiger partial charge is 0.307 e. The third kappa shape index (κ3) is 2.30. The van der Waals surface area contributed by atoms with Crippen molar-refractivity contribution in [3.05, 3.63) is 34.9 Å². The molecule has 0 unspecified atom stereocenters. The van der Waals surface area contributed by atoms with Crippen LogP contribution in [0.4, 0.5) is 0 Å². The van der Waals surface area contributed by atoms with Gasteiger partial charge < -0.3 is 5.11 Å². The Bertz CT molecular complexity index is 491. The van der Waals surface area contributed by atoms with E-state index in [0.29, 0.717) is 18.4 Å². The van der Waals surface area contributed by atoms with E-state index in [4.69, 9.17) is 5.11 Å². The summed E-state index contributed by atoms with van der Waals surface area (Å²) < 4.78 is 0. The van der Waals surface area contributed by atoms with Gasteiger partial charge in [-0.1, -0.05) is 24.1 Å². The Labute approximate surface area is 107 Å². The molecule has 96 valence electrons. The highest BCUT2D eigenvalue weighted by Crippen LogP contribution is 2.35. The van der Waals surface area contributed by atoms with Crippen molar-refractivity contribution in [3.63, 3.8) is 0 Å². The van der Waals surface area contributed by atoms with Crippen molar-refractivity contribution >= 4 is 11.8 Å². The maximum absolute atomic E-state index is 12.5. The minimum Gasteiger partial charge on any atom is -0.481 e. The fourth-order valence-electron chi connectivity index (χ4n) is 2.77. The molecule has 1 fully saturated rings. The molecular formula is C15H18O3. The molecule has 1 aliphatic carbocycles. The van der Waals surface area contributed by atoms with Gasteiger partial charge in [-0.3, -0.25) is 9.59 Å². The van der Waals surface area contributed by atoms with Crippen molar-refractivity contribution in [1.82, 2.24) is 0 Å². The van der Waals surface area contributed by atoms with Crippen molar-refractivity contribution in [1.29, 1.82) is 0 Å². The van der Waals surface area contributed by atoms with Crippen LogP contribution < -0.4 is 0 Å². The van der Waals surface area contributed by atoms with E-state index in [1.807, 2.05) is 32.0 Å². The molecule has 2 atom stereocenters. The van der Waals surface area contributed by atoms with Gasteiger partial charge in [0.2, 0.25) is 0 Å². The van der Waals surface area contributed by atoms with E-state index in [1.165, 1.54) is 0 Å². The molecule has 0 aromatic heterocycles. The Kier molecular flexibility index (Phi) is 3.50. The maximum atomic E-state index is 12.5. The second-order valence-corrected chi connectivity index (χ2v) is 5.16. The maximum Gasteiger partial charge on any atom is 0.307 e. The van der Waals surface area contributed by atoms with Crippen LogP contribution in [0.15, 0.2) is 18.2 Å². The lowest BCUT2D eigenvalue weighted by Gasteiger charge is -2.16. The van der Waals surface area contributed by atoms with E-state index < -0.39 is 11.9 Å². The second-order valence-electron chi connectivity index (χ2n) is 5.16. The summed E-state index contributed by atoms with van der Waals surface area (Å²) in [5, 5.41) is 9.15. The van der Waals surface area contributed by atoms with E-state index in [2.05, 4.69) is 0 Å². The first-order valence-electron chi connectivity index (χ1n) is 6.35. The summed E-state index contributed by atoms with van der Waals surface area (Å²) in [6.45, 7) is 3.84. The van der Waals surface area contributed by atoms with Gasteiger partial charge in [-0.05, 0) is 38.3 Å². The third-order valence-electron chi connectivity index (χ3n) is 3.83. The molecule has 0 heterocycles. The number of rotatable bonds is 3. The van der Waals surface area contributed by atoms with Crippen molar-refractivity contribution in [2.24, 2.45) is 11.8 Å². The van der Waals surface area contributed by atoms with E-state index in [0.717, 1.165) is 17.5 Å². The van der Waals surface area contributed by atoms with Crippen LogP contribution in [0.3, 0.4) is 0 Å². The Hall–Kier alpha value is -1.64. The summed E-state index contributed by atoms with van der Waals surface area (Å²) in [5.74, 6) is -1.68. The van der Waals surface area contributed by atoms with E-state index in [9.17, 15) is 9.59 Å². The summed E-state index contributed by atoms with van der Waals surface area (Å²) in [7, 11) is 0. The zero-order valence-electron chi connectivity index (χ0n) is 10.8. The molecule has 0 radical (unpaired) electrons. The van der Waals surface area contributed by atoms with Crippen molar-refractivity contribution in [2.75, 3.05) is 0 Å². The zero-order valence-corrected chi connectivity index (χ0v) is 10.8. The lowest BCUT2D eigenvalue weighted by Crippen LogP contribution is -2.25. The molecular weight excluding hydrogens is 228 g/mol. The van der Waals surface area contributed by atoms with Crippen molar-refractivity contribution in [3.8, 4) is 0 Å². The fraction of sp³-hybridized carbons (Fsp3) is 0.467. The highest BCUT2D eigenvalue weighted by molar-refractivity contribution is 6.01. The monoisotopic (exact) mass is 246 g/mol. The molecule has 1 aliphatic rings. The number of hydrogen-bond donors (Lipinski definition) is 1. The summed E-state index contributed by atoms with van der Waals surface area (Å²) in [5.41, 5.74) is 2.66. The number of carboxylic acid groups (broad SMARTS) is 1. The van der Waals surface area contributed by atoms with Gasteiger partial charge in [0, 0.05) is 11.5 Å². The number of carboxylic acids is 1. The Balaban J connectivity index is 2.31. The van der Waals surface area contributed by atoms with Crippen molar-refractivity contribution < 1.29 is 14.7 Å². The molecule has 1 aromatic rings. The van der Waals surface area contributed by atoms with Gasteiger partial charge in [0.05, 0.1) is 5.92 Å². The van der Waals surface area contributed by atoms with Gasteiger partial charge in [-0.25, -0.2) is 0 Å². The van der Waals surface area contributed by atoms with Crippen LogP contribution in [-0.4, -0.2) is 16.9 Å². The Morgan fingerprint density at radius 1 is 1.17 bits per heavy atom. The van der Waals surface area contributed by atoms with Crippen LogP contribution in [0.5, 0.6) is 0 Å². The predicted octanol–water partition coefficient (Wildman–Crippen LogP) is 2.99.